The van der Waals surface area contributed by atoms with Crippen LogP contribution in [0.5, 0.6) is 0 Å². The molecular weight excluding hydrogens is 709 g/mol. The van der Waals surface area contributed by atoms with Crippen molar-refractivity contribution >= 4 is 66.7 Å². The molecule has 0 saturated heterocycles. The third kappa shape index (κ3) is 9.12. The first-order valence-electron chi connectivity index (χ1n) is 14.9. The third-order valence-electron chi connectivity index (χ3n) is 7.49. The highest BCUT2D eigenvalue weighted by atomic mass is 79.9. The van der Waals surface area contributed by atoms with Crippen LogP contribution in [0.2, 0.25) is 10.0 Å². The summed E-state index contributed by atoms with van der Waals surface area (Å²) in [6.07, 6.45) is 1.83. The van der Waals surface area contributed by atoms with Crippen molar-refractivity contribution in [2.45, 2.75) is 50.6 Å². The molecular formula is C35H36BrCl2N3O4S. The fourth-order valence-electron chi connectivity index (χ4n) is 4.89. The van der Waals surface area contributed by atoms with Crippen LogP contribution in [0.15, 0.2) is 106 Å². The van der Waals surface area contributed by atoms with Crippen molar-refractivity contribution in [2.75, 3.05) is 17.4 Å². The molecule has 0 fully saturated rings. The van der Waals surface area contributed by atoms with Crippen LogP contribution in [0.1, 0.15) is 36.5 Å². The summed E-state index contributed by atoms with van der Waals surface area (Å²) in [5.41, 5.74) is 2.47. The number of anilines is 1. The predicted octanol–water partition coefficient (Wildman–Crippen LogP) is 7.82. The van der Waals surface area contributed by atoms with Crippen molar-refractivity contribution in [3.8, 4) is 0 Å². The molecule has 0 unspecified atom stereocenters. The molecule has 0 spiro atoms. The number of hydrogen-bond donors (Lipinski definition) is 1. The van der Waals surface area contributed by atoms with Gasteiger partial charge in [-0.15, -0.1) is 0 Å². The van der Waals surface area contributed by atoms with E-state index in [1.54, 1.807) is 54.6 Å². The van der Waals surface area contributed by atoms with E-state index in [1.807, 2.05) is 44.2 Å². The van der Waals surface area contributed by atoms with E-state index >= 15 is 0 Å². The molecule has 0 aliphatic rings. The normalized spacial score (nSPS) is 11.9. The average Bonchev–Trinajstić information content (AvgIpc) is 3.04. The van der Waals surface area contributed by atoms with Gasteiger partial charge in [0.25, 0.3) is 10.0 Å². The number of halogens is 3. The Morgan fingerprint density at radius 2 is 1.50 bits per heavy atom. The highest BCUT2D eigenvalue weighted by Gasteiger charge is 2.35. The molecule has 4 rings (SSSR count). The fraction of sp³-hybridized carbons (Fsp3) is 0.257. The summed E-state index contributed by atoms with van der Waals surface area (Å²) in [7, 11) is -4.21. The van der Waals surface area contributed by atoms with Crippen LogP contribution in [0, 0.1) is 6.92 Å². The molecule has 0 aromatic heterocycles. The molecule has 4 aromatic rings. The Kier molecular flexibility index (Phi) is 12.7. The van der Waals surface area contributed by atoms with Crippen LogP contribution in [0.4, 0.5) is 5.69 Å². The summed E-state index contributed by atoms with van der Waals surface area (Å²) in [5, 5.41) is 3.62. The van der Waals surface area contributed by atoms with E-state index in [-0.39, 0.29) is 23.8 Å². The predicted molar refractivity (Wildman–Crippen MR) is 189 cm³/mol. The highest BCUT2D eigenvalue weighted by Crippen LogP contribution is 2.29. The van der Waals surface area contributed by atoms with Crippen molar-refractivity contribution in [3.63, 3.8) is 0 Å². The second-order valence-electron chi connectivity index (χ2n) is 10.9. The number of nitrogens with one attached hydrogen (secondary N) is 1. The first-order chi connectivity index (χ1) is 22.0. The Bertz CT molecular complexity index is 1720. The Hall–Kier alpha value is -3.37. The lowest BCUT2D eigenvalue weighted by molar-refractivity contribution is -0.140. The molecule has 242 valence electrons. The van der Waals surface area contributed by atoms with Gasteiger partial charge in [0.15, 0.2) is 0 Å². The standard InChI is InChI=1S/C35H36BrCl2N3O4S/c1-3-4-21-39-35(43)33(22-26-9-6-5-7-10-26)40(23-30-31(37)11-8-12-32(30)38)34(42)24-41(28-17-15-27(36)16-18-28)46(44,45)29-19-13-25(2)14-20-29/h5-20,33H,3-4,21-24H2,1-2H3,(H,39,43)/t33-/m1/s1. The number of benzene rings is 4. The largest absolute Gasteiger partial charge is 0.354 e. The van der Waals surface area contributed by atoms with Crippen LogP contribution in [-0.2, 0) is 32.6 Å². The van der Waals surface area contributed by atoms with Gasteiger partial charge in [-0.1, -0.05) is 107 Å². The molecule has 0 aliphatic carbocycles. The van der Waals surface area contributed by atoms with Gasteiger partial charge in [-0.3, -0.25) is 13.9 Å². The number of nitrogens with zero attached hydrogens (tertiary/aromatic N) is 2. The topological polar surface area (TPSA) is 86.8 Å². The van der Waals surface area contributed by atoms with Crippen LogP contribution in [0.25, 0.3) is 0 Å². The number of carbonyl (C=O) groups is 2. The molecule has 0 aliphatic heterocycles. The van der Waals surface area contributed by atoms with Gasteiger partial charge >= 0.3 is 0 Å². The van der Waals surface area contributed by atoms with Gasteiger partial charge in [0.2, 0.25) is 11.8 Å². The van der Waals surface area contributed by atoms with E-state index < -0.39 is 28.5 Å². The lowest BCUT2D eigenvalue weighted by atomic mass is 10.0. The molecule has 7 nitrogen and oxygen atoms in total. The van der Waals surface area contributed by atoms with E-state index in [2.05, 4.69) is 21.2 Å². The average molecular weight is 746 g/mol. The summed E-state index contributed by atoms with van der Waals surface area (Å²) in [6.45, 7) is 3.63. The first kappa shape index (κ1) is 35.5. The van der Waals surface area contributed by atoms with Gasteiger partial charge in [-0.25, -0.2) is 8.42 Å². The molecule has 0 bridgehead atoms. The van der Waals surface area contributed by atoms with Gasteiger partial charge in [-0.05, 0) is 67.4 Å². The van der Waals surface area contributed by atoms with E-state index in [1.165, 1.54) is 17.0 Å². The summed E-state index contributed by atoms with van der Waals surface area (Å²) in [6, 6.07) is 26.5. The van der Waals surface area contributed by atoms with Gasteiger partial charge in [-0.2, -0.15) is 0 Å². The van der Waals surface area contributed by atoms with Crippen molar-refractivity contribution in [2.24, 2.45) is 0 Å². The van der Waals surface area contributed by atoms with Crippen molar-refractivity contribution in [1.29, 1.82) is 0 Å². The number of amides is 2. The van der Waals surface area contributed by atoms with E-state index in [0.717, 1.165) is 32.7 Å². The van der Waals surface area contributed by atoms with E-state index in [4.69, 9.17) is 23.2 Å². The molecule has 1 N–H and O–H groups in total. The monoisotopic (exact) mass is 743 g/mol. The minimum absolute atomic E-state index is 0.0349. The molecule has 11 heteroatoms. The summed E-state index contributed by atoms with van der Waals surface area (Å²) in [4.78, 5) is 29.8. The van der Waals surface area contributed by atoms with Crippen LogP contribution in [-0.4, -0.2) is 44.3 Å². The minimum atomic E-state index is -4.21. The number of sulfonamides is 1. The number of hydrogen-bond acceptors (Lipinski definition) is 4. The Morgan fingerprint density at radius 1 is 0.870 bits per heavy atom. The van der Waals surface area contributed by atoms with Crippen LogP contribution < -0.4 is 9.62 Å². The maximum absolute atomic E-state index is 14.6. The lowest BCUT2D eigenvalue weighted by Crippen LogP contribution is -2.53. The number of unbranched alkanes of at least 4 members (excludes halogenated alkanes) is 1. The van der Waals surface area contributed by atoms with Gasteiger partial charge in [0.1, 0.15) is 12.6 Å². The van der Waals surface area contributed by atoms with Crippen molar-refractivity contribution in [3.05, 3.63) is 128 Å². The van der Waals surface area contributed by atoms with Gasteiger partial charge < -0.3 is 10.2 Å². The van der Waals surface area contributed by atoms with E-state index in [0.29, 0.717) is 27.8 Å². The second kappa shape index (κ2) is 16.5. The zero-order valence-electron chi connectivity index (χ0n) is 25.6. The third-order valence-corrected chi connectivity index (χ3v) is 10.5. The Labute approximate surface area is 289 Å². The molecule has 46 heavy (non-hydrogen) atoms. The molecule has 0 heterocycles. The molecule has 0 saturated carbocycles. The number of carbonyl (C=O) groups excluding carboxylic acids is 2. The quantitative estimate of drug-likeness (QED) is 0.134. The zero-order chi connectivity index (χ0) is 33.3. The Balaban J connectivity index is 1.82. The number of aryl methyl sites for hydroxylation is 1. The molecule has 4 aromatic carbocycles. The Morgan fingerprint density at radius 3 is 2.11 bits per heavy atom. The maximum atomic E-state index is 14.6. The fourth-order valence-corrected chi connectivity index (χ4v) is 7.08. The highest BCUT2D eigenvalue weighted by molar-refractivity contribution is 9.10. The van der Waals surface area contributed by atoms with Gasteiger partial charge in [0, 0.05) is 39.6 Å². The first-order valence-corrected chi connectivity index (χ1v) is 17.9. The molecule has 0 radical (unpaired) electrons. The van der Waals surface area contributed by atoms with E-state index in [9.17, 15) is 18.0 Å². The summed E-state index contributed by atoms with van der Waals surface area (Å²) < 4.78 is 30.1. The SMILES string of the molecule is CCCCNC(=O)[C@@H](Cc1ccccc1)N(Cc1c(Cl)cccc1Cl)C(=O)CN(c1ccc(Br)cc1)S(=O)(=O)c1ccc(C)cc1. The molecule has 1 atom stereocenters. The van der Waals surface area contributed by atoms with Crippen molar-refractivity contribution in [1.82, 2.24) is 10.2 Å². The number of rotatable bonds is 14. The summed E-state index contributed by atoms with van der Waals surface area (Å²) >= 11 is 16.5. The van der Waals surface area contributed by atoms with Crippen molar-refractivity contribution < 1.29 is 18.0 Å². The second-order valence-corrected chi connectivity index (χ2v) is 14.5. The smallest absolute Gasteiger partial charge is 0.264 e. The maximum Gasteiger partial charge on any atom is 0.264 e. The van der Waals surface area contributed by atoms with Crippen LogP contribution >= 0.6 is 39.1 Å². The summed E-state index contributed by atoms with van der Waals surface area (Å²) in [5.74, 6) is -0.952. The molecule has 2 amide bonds. The lowest BCUT2D eigenvalue weighted by Gasteiger charge is -2.34. The minimum Gasteiger partial charge on any atom is -0.354 e. The van der Waals surface area contributed by atoms with Gasteiger partial charge in [0.05, 0.1) is 10.6 Å². The zero-order valence-corrected chi connectivity index (χ0v) is 29.5. The van der Waals surface area contributed by atoms with Crippen LogP contribution in [0.3, 0.4) is 0 Å².